The number of fused-ring (bicyclic) bond motifs is 1. The van der Waals surface area contributed by atoms with Crippen LogP contribution in [0.3, 0.4) is 0 Å². The molecule has 124 valence electrons. The maximum atomic E-state index is 5.34. The maximum Gasteiger partial charge on any atom is 0.216 e. The van der Waals surface area contributed by atoms with Crippen molar-refractivity contribution in [1.29, 1.82) is 0 Å². The summed E-state index contributed by atoms with van der Waals surface area (Å²) in [5, 5.41) is 12.8. The van der Waals surface area contributed by atoms with Crippen LogP contribution in [0.4, 0.5) is 0 Å². The molecule has 0 atom stereocenters. The standard InChI is InChI=1S/C18H14BrN5S/c1-11-15(14-7-2-3-8-16(14)21-11)10-20-24-17(22-23-18(24)25)12-5-4-6-13(19)9-12/h2-10,21H,1H3,(H,23,25)/b20-10+. The quantitative estimate of drug-likeness (QED) is 0.366. The first-order valence-electron chi connectivity index (χ1n) is 7.68. The first kappa shape index (κ1) is 16.0. The zero-order valence-electron chi connectivity index (χ0n) is 13.3. The van der Waals surface area contributed by atoms with Crippen LogP contribution in [-0.4, -0.2) is 26.1 Å². The molecule has 25 heavy (non-hydrogen) atoms. The first-order valence-corrected chi connectivity index (χ1v) is 8.88. The van der Waals surface area contributed by atoms with Gasteiger partial charge in [-0.15, -0.1) is 0 Å². The molecule has 2 aromatic carbocycles. The van der Waals surface area contributed by atoms with Gasteiger partial charge in [0.1, 0.15) is 0 Å². The predicted octanol–water partition coefficient (Wildman–Crippen LogP) is 5.04. The normalized spacial score (nSPS) is 11.6. The second-order valence-corrected chi connectivity index (χ2v) is 6.93. The van der Waals surface area contributed by atoms with Gasteiger partial charge in [0.05, 0.1) is 6.21 Å². The smallest absolute Gasteiger partial charge is 0.216 e. The van der Waals surface area contributed by atoms with Gasteiger partial charge in [0.25, 0.3) is 0 Å². The first-order chi connectivity index (χ1) is 12.1. The van der Waals surface area contributed by atoms with E-state index in [4.69, 9.17) is 12.2 Å². The summed E-state index contributed by atoms with van der Waals surface area (Å²) in [6, 6.07) is 16.0. The number of nitrogens with zero attached hydrogens (tertiary/aromatic N) is 3. The van der Waals surface area contributed by atoms with Gasteiger partial charge in [-0.1, -0.05) is 46.3 Å². The molecular weight excluding hydrogens is 398 g/mol. The van der Waals surface area contributed by atoms with Crippen molar-refractivity contribution < 1.29 is 0 Å². The molecule has 0 bridgehead atoms. The number of aromatic amines is 2. The Labute approximate surface area is 157 Å². The number of hydrogen-bond donors (Lipinski definition) is 2. The van der Waals surface area contributed by atoms with Crippen molar-refractivity contribution in [2.24, 2.45) is 5.10 Å². The highest BCUT2D eigenvalue weighted by molar-refractivity contribution is 9.10. The summed E-state index contributed by atoms with van der Waals surface area (Å²) in [4.78, 5) is 3.37. The van der Waals surface area contributed by atoms with E-state index in [1.807, 2.05) is 49.5 Å². The molecular formula is C18H14BrN5S. The van der Waals surface area contributed by atoms with Crippen molar-refractivity contribution in [2.75, 3.05) is 0 Å². The topological polar surface area (TPSA) is 61.8 Å². The Kier molecular flexibility index (Phi) is 4.10. The Hall–Kier alpha value is -2.51. The average Bonchev–Trinajstić information content (AvgIpc) is 3.12. The molecule has 4 aromatic rings. The van der Waals surface area contributed by atoms with Crippen molar-refractivity contribution in [1.82, 2.24) is 19.9 Å². The van der Waals surface area contributed by atoms with Crippen molar-refractivity contribution in [3.63, 3.8) is 0 Å². The highest BCUT2D eigenvalue weighted by Crippen LogP contribution is 2.23. The molecule has 5 nitrogen and oxygen atoms in total. The van der Waals surface area contributed by atoms with Gasteiger partial charge in [-0.25, -0.2) is 5.10 Å². The number of halogens is 1. The van der Waals surface area contributed by atoms with Gasteiger partial charge in [-0.3, -0.25) is 0 Å². The van der Waals surface area contributed by atoms with Gasteiger partial charge in [-0.05, 0) is 37.3 Å². The predicted molar refractivity (Wildman–Crippen MR) is 107 cm³/mol. The minimum Gasteiger partial charge on any atom is -0.358 e. The Morgan fingerprint density at radius 1 is 1.20 bits per heavy atom. The molecule has 0 spiro atoms. The lowest BCUT2D eigenvalue weighted by molar-refractivity contribution is 0.871. The molecule has 0 aliphatic carbocycles. The second-order valence-electron chi connectivity index (χ2n) is 5.63. The number of benzene rings is 2. The summed E-state index contributed by atoms with van der Waals surface area (Å²) in [5.41, 5.74) is 4.11. The molecule has 0 amide bonds. The molecule has 0 aliphatic rings. The monoisotopic (exact) mass is 411 g/mol. The Balaban J connectivity index is 1.81. The maximum absolute atomic E-state index is 5.34. The van der Waals surface area contributed by atoms with Crippen LogP contribution in [0.2, 0.25) is 0 Å². The average molecular weight is 412 g/mol. The van der Waals surface area contributed by atoms with Crippen molar-refractivity contribution in [3.8, 4) is 11.4 Å². The molecule has 0 saturated heterocycles. The minimum absolute atomic E-state index is 0.448. The van der Waals surface area contributed by atoms with E-state index >= 15 is 0 Å². The van der Waals surface area contributed by atoms with E-state index in [-0.39, 0.29) is 0 Å². The van der Waals surface area contributed by atoms with E-state index in [0.717, 1.165) is 32.2 Å². The summed E-state index contributed by atoms with van der Waals surface area (Å²) in [6.45, 7) is 2.03. The molecule has 0 radical (unpaired) electrons. The van der Waals surface area contributed by atoms with Gasteiger partial charge < -0.3 is 4.98 Å². The van der Waals surface area contributed by atoms with Crippen molar-refractivity contribution in [2.45, 2.75) is 6.92 Å². The molecule has 0 saturated carbocycles. The molecule has 0 aliphatic heterocycles. The number of rotatable bonds is 3. The van der Waals surface area contributed by atoms with Crippen LogP contribution in [0.25, 0.3) is 22.3 Å². The van der Waals surface area contributed by atoms with E-state index < -0.39 is 0 Å². The number of H-pyrrole nitrogens is 2. The van der Waals surface area contributed by atoms with E-state index in [0.29, 0.717) is 10.6 Å². The summed E-state index contributed by atoms with van der Waals surface area (Å²) in [5.74, 6) is 0.667. The van der Waals surface area contributed by atoms with Crippen molar-refractivity contribution >= 4 is 45.3 Å². The highest BCUT2D eigenvalue weighted by Gasteiger charge is 2.10. The minimum atomic E-state index is 0.448. The highest BCUT2D eigenvalue weighted by atomic mass is 79.9. The van der Waals surface area contributed by atoms with Crippen LogP contribution >= 0.6 is 28.1 Å². The fourth-order valence-electron chi connectivity index (χ4n) is 2.79. The van der Waals surface area contributed by atoms with Gasteiger partial charge in [-0.2, -0.15) is 14.9 Å². The molecule has 7 heteroatoms. The summed E-state index contributed by atoms with van der Waals surface area (Å²) in [6.07, 6.45) is 1.82. The number of para-hydroxylation sites is 1. The SMILES string of the molecule is Cc1[nH]c2ccccc2c1/C=N/n1c(-c2cccc(Br)c2)n[nH]c1=S. The summed E-state index contributed by atoms with van der Waals surface area (Å²) >= 11 is 8.82. The summed E-state index contributed by atoms with van der Waals surface area (Å²) in [7, 11) is 0. The Morgan fingerprint density at radius 2 is 2.04 bits per heavy atom. The third-order valence-corrected chi connectivity index (χ3v) is 4.74. The molecule has 2 heterocycles. The van der Waals surface area contributed by atoms with Crippen molar-refractivity contribution in [3.05, 3.63) is 69.0 Å². The summed E-state index contributed by atoms with van der Waals surface area (Å²) < 4.78 is 3.06. The Morgan fingerprint density at radius 3 is 2.88 bits per heavy atom. The zero-order chi connectivity index (χ0) is 17.4. The number of aryl methyl sites for hydroxylation is 1. The van der Waals surface area contributed by atoms with E-state index in [1.54, 1.807) is 4.68 Å². The fourth-order valence-corrected chi connectivity index (χ4v) is 3.37. The lowest BCUT2D eigenvalue weighted by Gasteiger charge is -2.01. The molecule has 4 rings (SSSR count). The number of hydrogen-bond acceptors (Lipinski definition) is 3. The van der Waals surface area contributed by atoms with Crippen LogP contribution in [0.1, 0.15) is 11.3 Å². The molecule has 2 N–H and O–H groups in total. The van der Waals surface area contributed by atoms with Crippen LogP contribution in [0.5, 0.6) is 0 Å². The van der Waals surface area contributed by atoms with E-state index in [9.17, 15) is 0 Å². The lowest BCUT2D eigenvalue weighted by atomic mass is 10.1. The van der Waals surface area contributed by atoms with Crippen LogP contribution in [0, 0.1) is 11.7 Å². The van der Waals surface area contributed by atoms with Crippen LogP contribution in [0.15, 0.2) is 58.1 Å². The van der Waals surface area contributed by atoms with Crippen LogP contribution in [-0.2, 0) is 0 Å². The third-order valence-electron chi connectivity index (χ3n) is 3.98. The number of nitrogens with one attached hydrogen (secondary N) is 2. The second kappa shape index (κ2) is 6.42. The fraction of sp³-hybridized carbons (Fsp3) is 0.0556. The molecule has 2 aromatic heterocycles. The largest absolute Gasteiger partial charge is 0.358 e. The number of aromatic nitrogens is 4. The van der Waals surface area contributed by atoms with Gasteiger partial charge in [0.2, 0.25) is 4.77 Å². The lowest BCUT2D eigenvalue weighted by Crippen LogP contribution is -1.95. The van der Waals surface area contributed by atoms with Gasteiger partial charge in [0, 0.05) is 32.2 Å². The van der Waals surface area contributed by atoms with Gasteiger partial charge in [0.15, 0.2) is 5.82 Å². The zero-order valence-corrected chi connectivity index (χ0v) is 15.7. The van der Waals surface area contributed by atoms with E-state index in [2.05, 4.69) is 48.3 Å². The third kappa shape index (κ3) is 2.96. The van der Waals surface area contributed by atoms with Gasteiger partial charge >= 0.3 is 0 Å². The molecule has 0 fully saturated rings. The van der Waals surface area contributed by atoms with Crippen LogP contribution < -0.4 is 0 Å². The molecule has 0 unspecified atom stereocenters. The Bertz CT molecular complexity index is 1150. The van der Waals surface area contributed by atoms with E-state index in [1.165, 1.54) is 0 Å².